The summed E-state index contributed by atoms with van der Waals surface area (Å²) in [6.45, 7) is 6.51. The number of urea groups is 1. The molecule has 0 saturated carbocycles. The predicted molar refractivity (Wildman–Crippen MR) is 141 cm³/mol. The van der Waals surface area contributed by atoms with Gasteiger partial charge in [0.25, 0.3) is 0 Å². The molecule has 2 heterocycles. The van der Waals surface area contributed by atoms with Crippen LogP contribution < -0.4 is 16.0 Å². The first kappa shape index (κ1) is 27.3. The number of amidine groups is 1. The molecule has 0 bridgehead atoms. The van der Waals surface area contributed by atoms with Crippen molar-refractivity contribution in [3.63, 3.8) is 0 Å². The van der Waals surface area contributed by atoms with Gasteiger partial charge in [-0.15, -0.1) is 0 Å². The number of nitrogens with zero attached hydrogens (tertiary/aromatic N) is 2. The predicted octanol–water partition coefficient (Wildman–Crippen LogP) is 5.12. The number of nitrogens with one attached hydrogen (secondary N) is 3. The van der Waals surface area contributed by atoms with Gasteiger partial charge in [-0.2, -0.15) is 24.9 Å². The average molecular weight is 536 g/mol. The zero-order chi connectivity index (χ0) is 26.4. The first-order valence-electron chi connectivity index (χ1n) is 12.3. The molecule has 2 unspecified atom stereocenters. The van der Waals surface area contributed by atoms with E-state index >= 15 is 0 Å². The third-order valence-electron chi connectivity index (χ3n) is 6.31. The molecule has 3 N–H and O–H groups in total. The molecule has 2 aliphatic heterocycles. The molecule has 11 heteroatoms. The van der Waals surface area contributed by atoms with Crippen LogP contribution in [0.1, 0.15) is 32.3 Å². The fourth-order valence-electron chi connectivity index (χ4n) is 4.33. The molecule has 0 spiro atoms. The number of thioether (sulfide) groups is 1. The minimum atomic E-state index is -4.42. The van der Waals surface area contributed by atoms with Crippen molar-refractivity contribution in [3.8, 4) is 0 Å². The number of rotatable bonds is 7. The Morgan fingerprint density at radius 3 is 2.65 bits per heavy atom. The molecule has 2 atom stereocenters. The van der Waals surface area contributed by atoms with Gasteiger partial charge >= 0.3 is 12.2 Å². The molecule has 0 radical (unpaired) electrons. The molecule has 2 amide bonds. The van der Waals surface area contributed by atoms with Gasteiger partial charge in [-0.25, -0.2) is 9.79 Å². The van der Waals surface area contributed by atoms with E-state index in [1.165, 1.54) is 12.1 Å². The summed E-state index contributed by atoms with van der Waals surface area (Å²) in [5, 5.41) is 8.86. The third-order valence-corrected chi connectivity index (χ3v) is 7.23. The van der Waals surface area contributed by atoms with Crippen LogP contribution in [0.4, 0.5) is 23.7 Å². The number of anilines is 1. The fraction of sp³-hybridized carbons (Fsp3) is 0.462. The molecule has 0 aromatic heterocycles. The van der Waals surface area contributed by atoms with E-state index in [0.29, 0.717) is 26.1 Å². The van der Waals surface area contributed by atoms with Crippen LogP contribution in [0.3, 0.4) is 0 Å². The maximum absolute atomic E-state index is 12.7. The number of ether oxygens (including phenoxy) is 1. The first-order valence-corrected chi connectivity index (χ1v) is 13.5. The van der Waals surface area contributed by atoms with Crippen LogP contribution >= 0.6 is 11.8 Å². The average Bonchev–Trinajstić information content (AvgIpc) is 2.88. The largest absolute Gasteiger partial charge is 0.416 e. The highest BCUT2D eigenvalue weighted by molar-refractivity contribution is 7.99. The number of allylic oxidation sites excluding steroid dienone is 3. The number of carbonyl (C=O) groups is 1. The number of halogens is 3. The van der Waals surface area contributed by atoms with E-state index in [1.54, 1.807) is 0 Å². The van der Waals surface area contributed by atoms with Crippen molar-refractivity contribution >= 4 is 29.3 Å². The maximum atomic E-state index is 12.7. The van der Waals surface area contributed by atoms with Gasteiger partial charge in [-0.05, 0) is 67.5 Å². The summed E-state index contributed by atoms with van der Waals surface area (Å²) >= 11 is 1.85. The minimum Gasteiger partial charge on any atom is -0.379 e. The van der Waals surface area contributed by atoms with Crippen molar-refractivity contribution in [2.75, 3.05) is 36.6 Å². The van der Waals surface area contributed by atoms with Gasteiger partial charge in [0, 0.05) is 35.4 Å². The standard InChI is InChI=1S/C26H32F3N5O2S/c1-3-37-16-22-14-23(34-12-13-36-15-17(34)2)33-24(30-22)18-4-8-20(9-5-18)31-25(35)32-21-10-6-19(7-11-21)26(27,28)29/h4,6-8,10-11,14,17,23H,3,5,9,12-13,15-16H2,1-2H3,(H,30,33)(H2,31,32,35). The summed E-state index contributed by atoms with van der Waals surface area (Å²) in [5.41, 5.74) is 2.45. The molecule has 1 aromatic rings. The lowest BCUT2D eigenvalue weighted by molar-refractivity contribution is -0.137. The molecule has 7 nitrogen and oxygen atoms in total. The highest BCUT2D eigenvalue weighted by Crippen LogP contribution is 2.30. The van der Waals surface area contributed by atoms with Gasteiger partial charge in [-0.3, -0.25) is 4.90 Å². The van der Waals surface area contributed by atoms with Crippen LogP contribution in [0.25, 0.3) is 0 Å². The molecule has 3 aliphatic rings. The molecule has 37 heavy (non-hydrogen) atoms. The number of amides is 2. The van der Waals surface area contributed by atoms with Crippen molar-refractivity contribution in [2.24, 2.45) is 4.99 Å². The van der Waals surface area contributed by atoms with Crippen LogP contribution in [-0.2, 0) is 10.9 Å². The molecule has 1 fully saturated rings. The Bertz CT molecular complexity index is 1100. The van der Waals surface area contributed by atoms with Crippen LogP contribution in [0.5, 0.6) is 0 Å². The van der Waals surface area contributed by atoms with Gasteiger partial charge < -0.3 is 20.7 Å². The van der Waals surface area contributed by atoms with Crippen LogP contribution in [0, 0.1) is 0 Å². The Morgan fingerprint density at radius 1 is 1.22 bits per heavy atom. The van der Waals surface area contributed by atoms with Crippen molar-refractivity contribution in [1.82, 2.24) is 15.5 Å². The zero-order valence-corrected chi connectivity index (χ0v) is 21.7. The van der Waals surface area contributed by atoms with E-state index in [2.05, 4.69) is 40.8 Å². The molecule has 4 rings (SSSR count). The summed E-state index contributed by atoms with van der Waals surface area (Å²) in [4.78, 5) is 19.7. The van der Waals surface area contributed by atoms with E-state index in [4.69, 9.17) is 9.73 Å². The van der Waals surface area contributed by atoms with Gasteiger partial charge in [0.15, 0.2) is 0 Å². The molecule has 1 aliphatic carbocycles. The van der Waals surface area contributed by atoms with E-state index in [0.717, 1.165) is 53.0 Å². The van der Waals surface area contributed by atoms with E-state index in [-0.39, 0.29) is 17.9 Å². The van der Waals surface area contributed by atoms with E-state index in [9.17, 15) is 18.0 Å². The fourth-order valence-corrected chi connectivity index (χ4v) is 4.92. The number of morpholine rings is 1. The molecule has 1 saturated heterocycles. The lowest BCUT2D eigenvalue weighted by Crippen LogP contribution is -2.50. The number of hydrogen-bond donors (Lipinski definition) is 3. The van der Waals surface area contributed by atoms with Crippen molar-refractivity contribution in [3.05, 3.63) is 65.0 Å². The SMILES string of the molecule is CCSCC1=CC(N2CCOCC2C)N=C(C2=CC=C(NC(=O)Nc3ccc(C(F)(F)F)cc3)CC2)N1. The molecule has 200 valence electrons. The van der Waals surface area contributed by atoms with Crippen LogP contribution in [-0.4, -0.2) is 60.2 Å². The molecular weight excluding hydrogens is 503 g/mol. The number of hydrogen-bond acceptors (Lipinski definition) is 6. The second-order valence-electron chi connectivity index (χ2n) is 9.05. The van der Waals surface area contributed by atoms with Crippen molar-refractivity contribution < 1.29 is 22.7 Å². The molecular formula is C26H32F3N5O2S. The lowest BCUT2D eigenvalue weighted by atomic mass is 10.0. The number of alkyl halides is 3. The summed E-state index contributed by atoms with van der Waals surface area (Å²) in [6, 6.07) is 4.12. The first-order chi connectivity index (χ1) is 17.7. The summed E-state index contributed by atoms with van der Waals surface area (Å²) < 4.78 is 43.8. The second kappa shape index (κ2) is 12.2. The Kier molecular flexibility index (Phi) is 8.99. The summed E-state index contributed by atoms with van der Waals surface area (Å²) in [6.07, 6.45) is 2.83. The smallest absolute Gasteiger partial charge is 0.379 e. The lowest BCUT2D eigenvalue weighted by Gasteiger charge is -2.38. The van der Waals surface area contributed by atoms with Crippen LogP contribution in [0.15, 0.2) is 64.5 Å². The van der Waals surface area contributed by atoms with Gasteiger partial charge in [-0.1, -0.05) is 13.0 Å². The second-order valence-corrected chi connectivity index (χ2v) is 10.3. The highest BCUT2D eigenvalue weighted by atomic mass is 32.2. The Labute approximate surface area is 219 Å². The normalized spacial score (nSPS) is 22.7. The van der Waals surface area contributed by atoms with Gasteiger partial charge in [0.2, 0.25) is 0 Å². The minimum absolute atomic E-state index is 0.0541. The summed E-state index contributed by atoms with van der Waals surface area (Å²) in [5.74, 6) is 2.76. The Hall–Kier alpha value is -2.76. The molecule has 1 aromatic carbocycles. The number of carbonyl (C=O) groups excluding carboxylic acids is 1. The third kappa shape index (κ3) is 7.39. The van der Waals surface area contributed by atoms with Gasteiger partial charge in [0.05, 0.1) is 18.8 Å². The van der Waals surface area contributed by atoms with E-state index in [1.807, 2.05) is 23.9 Å². The topological polar surface area (TPSA) is 78.0 Å². The monoisotopic (exact) mass is 535 g/mol. The zero-order valence-electron chi connectivity index (χ0n) is 20.9. The Balaban J connectivity index is 1.41. The summed E-state index contributed by atoms with van der Waals surface area (Å²) in [7, 11) is 0. The number of aliphatic imine (C=N–C) groups is 1. The maximum Gasteiger partial charge on any atom is 0.416 e. The highest BCUT2D eigenvalue weighted by Gasteiger charge is 2.30. The number of benzene rings is 1. The van der Waals surface area contributed by atoms with Crippen LogP contribution in [0.2, 0.25) is 0 Å². The van der Waals surface area contributed by atoms with Gasteiger partial charge in [0.1, 0.15) is 12.0 Å². The van der Waals surface area contributed by atoms with E-state index < -0.39 is 17.8 Å². The Morgan fingerprint density at radius 2 is 2.00 bits per heavy atom. The van der Waals surface area contributed by atoms with Crippen molar-refractivity contribution in [2.45, 2.75) is 45.1 Å². The quantitative estimate of drug-likeness (QED) is 0.452. The van der Waals surface area contributed by atoms with Crippen molar-refractivity contribution in [1.29, 1.82) is 0 Å².